The van der Waals surface area contributed by atoms with Crippen molar-refractivity contribution >= 4 is 49.5 Å². The lowest BCUT2D eigenvalue weighted by Crippen LogP contribution is -2.40. The summed E-state index contributed by atoms with van der Waals surface area (Å²) in [5.74, 6) is -1.93. The maximum atomic E-state index is 14.3. The van der Waals surface area contributed by atoms with Gasteiger partial charge in [-0.25, -0.2) is 22.2 Å². The molecule has 228 valence electrons. The summed E-state index contributed by atoms with van der Waals surface area (Å²) in [6.07, 6.45) is 2.33. The number of furan rings is 1. The van der Waals surface area contributed by atoms with E-state index < -0.39 is 33.5 Å². The van der Waals surface area contributed by atoms with E-state index in [0.717, 1.165) is 10.6 Å². The summed E-state index contributed by atoms with van der Waals surface area (Å²) < 4.78 is 60.7. The molecule has 10 nitrogen and oxygen atoms in total. The first-order valence-electron chi connectivity index (χ1n) is 13.9. The Balaban J connectivity index is 1.46. The highest BCUT2D eigenvalue weighted by Gasteiger charge is 2.32. The average Bonchev–Trinajstić information content (AvgIpc) is 3.62. The van der Waals surface area contributed by atoms with Crippen molar-refractivity contribution < 1.29 is 31.2 Å². The Bertz CT molecular complexity index is 2040. The first kappa shape index (κ1) is 29.3. The number of likely N-dealkylation sites (tertiary alicyclic amines) is 1. The minimum absolute atomic E-state index is 0.00959. The van der Waals surface area contributed by atoms with Gasteiger partial charge in [0, 0.05) is 50.1 Å². The Kier molecular flexibility index (Phi) is 7.36. The number of sulfonamides is 1. The number of halogens is 2. The van der Waals surface area contributed by atoms with Crippen molar-refractivity contribution in [3.05, 3.63) is 83.2 Å². The van der Waals surface area contributed by atoms with Crippen LogP contribution < -0.4 is 9.62 Å². The quantitative estimate of drug-likeness (QED) is 0.274. The maximum Gasteiger partial charge on any atom is 0.289 e. The molecule has 13 heteroatoms. The highest BCUT2D eigenvalue weighted by Crippen LogP contribution is 2.42. The van der Waals surface area contributed by atoms with E-state index in [2.05, 4.69) is 15.3 Å². The molecule has 0 unspecified atom stereocenters. The van der Waals surface area contributed by atoms with Crippen LogP contribution in [-0.2, 0) is 10.0 Å². The van der Waals surface area contributed by atoms with E-state index in [1.54, 1.807) is 23.1 Å². The van der Waals surface area contributed by atoms with Gasteiger partial charge in [0.05, 0.1) is 23.0 Å². The van der Waals surface area contributed by atoms with E-state index in [4.69, 9.17) is 4.42 Å². The molecule has 2 aromatic heterocycles. The largest absolute Gasteiger partial charge is 0.455 e. The molecular weight excluding hydrogens is 592 g/mol. The summed E-state index contributed by atoms with van der Waals surface area (Å²) in [7, 11) is -0.807. The van der Waals surface area contributed by atoms with Crippen molar-refractivity contribution in [2.45, 2.75) is 18.8 Å². The van der Waals surface area contributed by atoms with Crippen molar-refractivity contribution in [1.82, 2.24) is 20.2 Å². The van der Waals surface area contributed by atoms with E-state index in [-0.39, 0.29) is 40.7 Å². The summed E-state index contributed by atoms with van der Waals surface area (Å²) in [6.45, 7) is 0.657. The lowest BCUT2D eigenvalue weighted by Gasteiger charge is -2.34. The average molecular weight is 622 g/mol. The van der Waals surface area contributed by atoms with Crippen molar-refractivity contribution in [1.29, 1.82) is 0 Å². The van der Waals surface area contributed by atoms with Gasteiger partial charge in [-0.3, -0.25) is 13.9 Å². The van der Waals surface area contributed by atoms with Crippen LogP contribution in [-0.4, -0.2) is 68.5 Å². The number of nitrogens with one attached hydrogen (secondary N) is 2. The zero-order chi connectivity index (χ0) is 31.3. The number of carbonyl (C=O) groups excluding carboxylic acids is 2. The normalized spacial score (nSPS) is 15.6. The lowest BCUT2D eigenvalue weighted by molar-refractivity contribution is 0.0696. The number of aromatic nitrogens is 2. The predicted octanol–water partition coefficient (Wildman–Crippen LogP) is 5.03. The lowest BCUT2D eigenvalue weighted by atomic mass is 9.88. The monoisotopic (exact) mass is 621 g/mol. The van der Waals surface area contributed by atoms with Gasteiger partial charge in [0.1, 0.15) is 22.7 Å². The van der Waals surface area contributed by atoms with Crippen LogP contribution in [0.2, 0.25) is 0 Å². The first-order chi connectivity index (χ1) is 21.0. The van der Waals surface area contributed by atoms with Crippen LogP contribution in [0.4, 0.5) is 14.5 Å². The molecule has 1 aliphatic rings. The predicted molar refractivity (Wildman–Crippen MR) is 162 cm³/mol. The van der Waals surface area contributed by atoms with Crippen molar-refractivity contribution in [2.75, 3.05) is 37.7 Å². The number of amides is 2. The van der Waals surface area contributed by atoms with Gasteiger partial charge in [-0.15, -0.1) is 0 Å². The van der Waals surface area contributed by atoms with Crippen LogP contribution in [0.5, 0.6) is 0 Å². The zero-order valence-corrected chi connectivity index (χ0v) is 25.0. The number of para-hydroxylation sites is 1. The summed E-state index contributed by atoms with van der Waals surface area (Å²) >= 11 is 0. The number of carbonyl (C=O) groups is 2. The highest BCUT2D eigenvalue weighted by atomic mass is 32.2. The zero-order valence-electron chi connectivity index (χ0n) is 24.1. The number of piperidine rings is 1. The van der Waals surface area contributed by atoms with Crippen LogP contribution >= 0.6 is 0 Å². The first-order valence-corrected chi connectivity index (χ1v) is 15.8. The van der Waals surface area contributed by atoms with Crippen molar-refractivity contribution in [3.8, 4) is 11.3 Å². The van der Waals surface area contributed by atoms with Gasteiger partial charge in [-0.1, -0.05) is 6.07 Å². The number of imidazole rings is 1. The maximum absolute atomic E-state index is 14.3. The Hall–Kier alpha value is -4.78. The summed E-state index contributed by atoms with van der Waals surface area (Å²) in [5.41, 5.74) is 2.39. The van der Waals surface area contributed by atoms with E-state index in [1.807, 2.05) is 0 Å². The van der Waals surface area contributed by atoms with Gasteiger partial charge in [0.15, 0.2) is 11.6 Å². The second kappa shape index (κ2) is 11.1. The number of hydrogen-bond acceptors (Lipinski definition) is 6. The summed E-state index contributed by atoms with van der Waals surface area (Å²) in [4.78, 5) is 35.4. The molecule has 5 aromatic rings. The molecule has 1 atom stereocenters. The molecule has 0 saturated carbocycles. The third-order valence-electron chi connectivity index (χ3n) is 8.05. The fourth-order valence-electron chi connectivity index (χ4n) is 5.75. The van der Waals surface area contributed by atoms with E-state index in [0.29, 0.717) is 47.1 Å². The Labute approximate surface area is 251 Å². The number of rotatable bonds is 6. The number of fused-ring (bicyclic) bond motifs is 2. The van der Waals surface area contributed by atoms with Crippen LogP contribution in [0.15, 0.2) is 59.0 Å². The van der Waals surface area contributed by atoms with Crippen LogP contribution in [0.1, 0.15) is 45.3 Å². The van der Waals surface area contributed by atoms with Crippen molar-refractivity contribution in [3.63, 3.8) is 0 Å². The Morgan fingerprint density at radius 3 is 2.57 bits per heavy atom. The molecule has 44 heavy (non-hydrogen) atoms. The smallest absolute Gasteiger partial charge is 0.289 e. The molecule has 3 aromatic carbocycles. The van der Waals surface area contributed by atoms with E-state index >= 15 is 0 Å². The standard InChI is InChI=1S/C31H29F2N5O5S/c1-34-30(39)26-21-14-20(18-6-5-13-38(16-18)31(40)29-35-23-8-4-7-22(33)27(23)36-29)24(37(2)44(3,41)42)15-25(21)43-28(26)17-9-11-19(32)12-10-17/h4,7-12,14-15,18H,5-6,13,16H2,1-3H3,(H,34,39)(H,35,36)/t18-/m0/s1. The molecule has 1 aliphatic heterocycles. The van der Waals surface area contributed by atoms with Gasteiger partial charge in [0.2, 0.25) is 10.0 Å². The number of anilines is 1. The Morgan fingerprint density at radius 1 is 1.14 bits per heavy atom. The molecule has 0 radical (unpaired) electrons. The second-order valence-corrected chi connectivity index (χ2v) is 12.9. The molecule has 6 rings (SSSR count). The van der Waals surface area contributed by atoms with Gasteiger partial charge in [-0.2, -0.15) is 0 Å². The minimum atomic E-state index is -3.72. The minimum Gasteiger partial charge on any atom is -0.455 e. The van der Waals surface area contributed by atoms with Gasteiger partial charge in [0.25, 0.3) is 11.8 Å². The Morgan fingerprint density at radius 2 is 1.89 bits per heavy atom. The van der Waals surface area contributed by atoms with Crippen molar-refractivity contribution in [2.24, 2.45) is 0 Å². The van der Waals surface area contributed by atoms with Gasteiger partial charge >= 0.3 is 0 Å². The van der Waals surface area contributed by atoms with Crippen LogP contribution in [0.3, 0.4) is 0 Å². The summed E-state index contributed by atoms with van der Waals surface area (Å²) in [5, 5.41) is 3.07. The third-order valence-corrected chi connectivity index (χ3v) is 9.24. The van der Waals surface area contributed by atoms with E-state index in [9.17, 15) is 26.8 Å². The number of H-pyrrole nitrogens is 1. The molecule has 3 heterocycles. The molecule has 1 fully saturated rings. The highest BCUT2D eigenvalue weighted by molar-refractivity contribution is 7.92. The molecule has 2 N–H and O–H groups in total. The summed E-state index contributed by atoms with van der Waals surface area (Å²) in [6, 6.07) is 13.3. The second-order valence-electron chi connectivity index (χ2n) is 10.8. The molecule has 0 spiro atoms. The third kappa shape index (κ3) is 5.17. The number of aromatic amines is 1. The molecular formula is C31H29F2N5O5S. The topological polar surface area (TPSA) is 129 Å². The van der Waals surface area contributed by atoms with Gasteiger partial charge < -0.3 is 19.6 Å². The SMILES string of the molecule is CNC(=O)c1c(-c2ccc(F)cc2)oc2cc(N(C)S(C)(=O)=O)c([C@H]3CCCN(C(=O)c4nc5c(F)cccc5[nH]4)C3)cc12. The number of hydrogen-bond donors (Lipinski definition) is 2. The molecule has 1 saturated heterocycles. The van der Waals surface area contributed by atoms with Gasteiger partial charge in [-0.05, 0) is 60.9 Å². The molecule has 0 aliphatic carbocycles. The fourth-order valence-corrected chi connectivity index (χ4v) is 6.26. The number of benzene rings is 3. The molecule has 0 bridgehead atoms. The molecule has 2 amide bonds. The number of nitrogens with zero attached hydrogens (tertiary/aromatic N) is 3. The van der Waals surface area contributed by atoms with E-state index in [1.165, 1.54) is 50.5 Å². The fraction of sp³-hybridized carbons (Fsp3) is 0.258. The van der Waals surface area contributed by atoms with Crippen LogP contribution in [0, 0.1) is 11.6 Å². The van der Waals surface area contributed by atoms with Crippen LogP contribution in [0.25, 0.3) is 33.3 Å².